The van der Waals surface area contributed by atoms with Crippen LogP contribution in [-0.4, -0.2) is 78.4 Å². The summed E-state index contributed by atoms with van der Waals surface area (Å²) >= 11 is 0. The molecule has 2 saturated heterocycles. The van der Waals surface area contributed by atoms with E-state index in [9.17, 15) is 0 Å². The lowest BCUT2D eigenvalue weighted by Gasteiger charge is -2.31. The molecule has 0 atom stereocenters. The zero-order chi connectivity index (χ0) is 19.3. The number of likely N-dealkylation sites (tertiary alicyclic amines) is 1. The van der Waals surface area contributed by atoms with Gasteiger partial charge in [-0.15, -0.1) is 0 Å². The molecule has 0 aromatic carbocycles. The summed E-state index contributed by atoms with van der Waals surface area (Å²) in [5.41, 5.74) is 1.01. The van der Waals surface area contributed by atoms with Gasteiger partial charge >= 0.3 is 0 Å². The van der Waals surface area contributed by atoms with E-state index in [4.69, 9.17) is 14.2 Å². The molecule has 0 unspecified atom stereocenters. The lowest BCUT2D eigenvalue weighted by Crippen LogP contribution is -2.37. The normalized spacial score (nSPS) is 19.5. The van der Waals surface area contributed by atoms with E-state index in [-0.39, 0.29) is 0 Å². The van der Waals surface area contributed by atoms with Crippen molar-refractivity contribution in [1.29, 1.82) is 0 Å². The average molecular weight is 387 g/mol. The van der Waals surface area contributed by atoms with Crippen LogP contribution in [0.4, 0.5) is 5.82 Å². The molecule has 8 heteroatoms. The van der Waals surface area contributed by atoms with Crippen molar-refractivity contribution >= 4 is 5.82 Å². The van der Waals surface area contributed by atoms with Crippen molar-refractivity contribution in [3.05, 3.63) is 35.6 Å². The molecule has 0 spiro atoms. The van der Waals surface area contributed by atoms with Gasteiger partial charge in [0.15, 0.2) is 5.76 Å². The third kappa shape index (κ3) is 4.87. The highest BCUT2D eigenvalue weighted by Crippen LogP contribution is 2.27. The lowest BCUT2D eigenvalue weighted by molar-refractivity contribution is 0.122. The minimum absolute atomic E-state index is 0.429. The van der Waals surface area contributed by atoms with Crippen molar-refractivity contribution < 1.29 is 9.26 Å². The van der Waals surface area contributed by atoms with Crippen molar-refractivity contribution in [1.82, 2.24) is 24.9 Å². The maximum absolute atomic E-state index is 5.44. The van der Waals surface area contributed by atoms with Crippen LogP contribution in [0.2, 0.25) is 0 Å². The Balaban J connectivity index is 1.31. The first-order valence-electron chi connectivity index (χ1n) is 10.1. The van der Waals surface area contributed by atoms with Gasteiger partial charge in [0.1, 0.15) is 11.6 Å². The molecule has 2 aromatic rings. The minimum atomic E-state index is 0.429. The van der Waals surface area contributed by atoms with Crippen LogP contribution in [0.25, 0.3) is 0 Å². The topological polar surface area (TPSA) is 70.8 Å². The van der Waals surface area contributed by atoms with E-state index in [2.05, 4.69) is 30.9 Å². The minimum Gasteiger partial charge on any atom is -0.378 e. The van der Waals surface area contributed by atoms with E-state index in [1.807, 2.05) is 26.4 Å². The molecule has 0 aliphatic carbocycles. The molecule has 2 aromatic heterocycles. The van der Waals surface area contributed by atoms with E-state index >= 15 is 0 Å². The summed E-state index contributed by atoms with van der Waals surface area (Å²) in [6.07, 6.45) is 4.06. The third-order valence-electron chi connectivity index (χ3n) is 5.41. The van der Waals surface area contributed by atoms with Gasteiger partial charge in [-0.1, -0.05) is 5.16 Å². The number of ether oxygens (including phenoxy) is 1. The molecule has 152 valence electrons. The van der Waals surface area contributed by atoms with Crippen molar-refractivity contribution in [2.45, 2.75) is 31.8 Å². The average Bonchev–Trinajstić information content (AvgIpc) is 3.15. The molecule has 8 nitrogen and oxygen atoms in total. The van der Waals surface area contributed by atoms with Crippen LogP contribution in [0.15, 0.2) is 22.9 Å². The first kappa shape index (κ1) is 19.3. The molecule has 0 bridgehead atoms. The number of hydrogen-bond donors (Lipinski definition) is 0. The Morgan fingerprint density at radius 2 is 1.93 bits per heavy atom. The highest BCUT2D eigenvalue weighted by atomic mass is 16.5. The Morgan fingerprint density at radius 1 is 1.14 bits per heavy atom. The van der Waals surface area contributed by atoms with Crippen LogP contribution >= 0.6 is 0 Å². The van der Waals surface area contributed by atoms with Crippen molar-refractivity contribution in [2.75, 3.05) is 58.4 Å². The van der Waals surface area contributed by atoms with E-state index in [1.54, 1.807) is 0 Å². The number of nitrogens with zero attached hydrogens (tertiary/aromatic N) is 6. The number of piperidine rings is 1. The molecule has 0 amide bonds. The quantitative estimate of drug-likeness (QED) is 0.744. The first-order valence-corrected chi connectivity index (χ1v) is 10.1. The lowest BCUT2D eigenvalue weighted by atomic mass is 9.96. The van der Waals surface area contributed by atoms with Gasteiger partial charge in [0, 0.05) is 37.8 Å². The SMILES string of the molecule is CN(C)Cc1cc(CN2CCC(c3nccc(N4CCOCC4)n3)CC2)no1. The Kier molecular flexibility index (Phi) is 6.19. The maximum atomic E-state index is 5.44. The van der Waals surface area contributed by atoms with E-state index in [1.165, 1.54) is 0 Å². The maximum Gasteiger partial charge on any atom is 0.150 e. The van der Waals surface area contributed by atoms with Gasteiger partial charge < -0.3 is 19.1 Å². The molecule has 2 fully saturated rings. The first-order chi connectivity index (χ1) is 13.7. The van der Waals surface area contributed by atoms with Gasteiger partial charge in [-0.25, -0.2) is 9.97 Å². The third-order valence-corrected chi connectivity index (χ3v) is 5.41. The number of aromatic nitrogens is 3. The van der Waals surface area contributed by atoms with Crippen LogP contribution in [0.3, 0.4) is 0 Å². The fraction of sp³-hybridized carbons (Fsp3) is 0.650. The van der Waals surface area contributed by atoms with Gasteiger partial charge in [0.05, 0.1) is 25.5 Å². The molecule has 4 rings (SSSR count). The summed E-state index contributed by atoms with van der Waals surface area (Å²) < 4.78 is 10.9. The number of rotatable bonds is 6. The molecular formula is C20H30N6O2. The zero-order valence-electron chi connectivity index (χ0n) is 16.9. The summed E-state index contributed by atoms with van der Waals surface area (Å²) in [6.45, 7) is 7.05. The van der Waals surface area contributed by atoms with Gasteiger partial charge in [0.2, 0.25) is 0 Å². The molecule has 0 saturated carbocycles. The summed E-state index contributed by atoms with van der Waals surface area (Å²) in [6, 6.07) is 4.08. The molecule has 2 aliphatic rings. The summed E-state index contributed by atoms with van der Waals surface area (Å²) in [5.74, 6) is 3.37. The fourth-order valence-electron chi connectivity index (χ4n) is 3.92. The fourth-order valence-corrected chi connectivity index (χ4v) is 3.92. The van der Waals surface area contributed by atoms with E-state index < -0.39 is 0 Å². The van der Waals surface area contributed by atoms with Crippen LogP contribution in [0.5, 0.6) is 0 Å². The number of anilines is 1. The van der Waals surface area contributed by atoms with Gasteiger partial charge in [-0.3, -0.25) is 4.90 Å². The largest absolute Gasteiger partial charge is 0.378 e. The van der Waals surface area contributed by atoms with Gasteiger partial charge in [-0.2, -0.15) is 0 Å². The Morgan fingerprint density at radius 3 is 2.68 bits per heavy atom. The molecule has 28 heavy (non-hydrogen) atoms. The second kappa shape index (κ2) is 8.98. The van der Waals surface area contributed by atoms with Crippen LogP contribution < -0.4 is 4.90 Å². The predicted molar refractivity (Wildman–Crippen MR) is 106 cm³/mol. The second-order valence-corrected chi connectivity index (χ2v) is 7.95. The molecule has 4 heterocycles. The Labute approximate surface area is 166 Å². The predicted octanol–water partition coefficient (Wildman–Crippen LogP) is 1.74. The standard InChI is InChI=1S/C20H30N6O2/c1-24(2)15-18-13-17(23-28-18)14-25-7-4-16(5-8-25)20-21-6-3-19(22-20)26-9-11-27-12-10-26/h3,6,13,16H,4-5,7-12,14-15H2,1-2H3. The van der Waals surface area contributed by atoms with Crippen LogP contribution in [0.1, 0.15) is 36.0 Å². The van der Waals surface area contributed by atoms with E-state index in [0.717, 1.165) is 88.4 Å². The van der Waals surface area contributed by atoms with Crippen molar-refractivity contribution in [2.24, 2.45) is 0 Å². The van der Waals surface area contributed by atoms with Crippen LogP contribution in [0, 0.1) is 0 Å². The smallest absolute Gasteiger partial charge is 0.150 e. The van der Waals surface area contributed by atoms with Gasteiger partial charge in [-0.05, 0) is 46.1 Å². The highest BCUT2D eigenvalue weighted by molar-refractivity contribution is 5.38. The number of hydrogen-bond acceptors (Lipinski definition) is 8. The molecule has 2 aliphatic heterocycles. The second-order valence-electron chi connectivity index (χ2n) is 7.95. The van der Waals surface area contributed by atoms with Crippen molar-refractivity contribution in [3.8, 4) is 0 Å². The molecular weight excluding hydrogens is 356 g/mol. The van der Waals surface area contributed by atoms with Crippen LogP contribution in [-0.2, 0) is 17.8 Å². The Hall–Kier alpha value is -2.03. The van der Waals surface area contributed by atoms with Gasteiger partial charge in [0.25, 0.3) is 0 Å². The summed E-state index contributed by atoms with van der Waals surface area (Å²) in [4.78, 5) is 16.3. The van der Waals surface area contributed by atoms with Crippen molar-refractivity contribution in [3.63, 3.8) is 0 Å². The molecule has 0 N–H and O–H groups in total. The highest BCUT2D eigenvalue weighted by Gasteiger charge is 2.24. The summed E-state index contributed by atoms with van der Waals surface area (Å²) in [7, 11) is 4.06. The molecule has 0 radical (unpaired) electrons. The summed E-state index contributed by atoms with van der Waals surface area (Å²) in [5, 5.41) is 4.22. The Bertz CT molecular complexity index is 751. The monoisotopic (exact) mass is 386 g/mol. The zero-order valence-corrected chi connectivity index (χ0v) is 16.9. The number of morpholine rings is 1. The van der Waals surface area contributed by atoms with E-state index in [0.29, 0.717) is 5.92 Å².